The molecule has 0 saturated heterocycles. The lowest BCUT2D eigenvalue weighted by molar-refractivity contribution is -0.150. The van der Waals surface area contributed by atoms with Crippen molar-refractivity contribution in [3.05, 3.63) is 125 Å². The zero-order chi connectivity index (χ0) is 24.0. The molecule has 5 heteroatoms. The van der Waals surface area contributed by atoms with Crippen LogP contribution in [0.1, 0.15) is 30.5 Å². The summed E-state index contributed by atoms with van der Waals surface area (Å²) < 4.78 is 5.72. The zero-order valence-electron chi connectivity index (χ0n) is 19.3. The third kappa shape index (κ3) is 5.46. The summed E-state index contributed by atoms with van der Waals surface area (Å²) in [5, 5.41) is 0.662. The Morgan fingerprint density at radius 2 is 1.47 bits per heavy atom. The Labute approximate surface area is 205 Å². The normalized spacial score (nSPS) is 11.1. The average molecular weight is 471 g/mol. The quantitative estimate of drug-likeness (QED) is 0.258. The second-order valence-corrected chi connectivity index (χ2v) is 9.05. The number of anilines is 2. The molecule has 0 bridgehead atoms. The largest absolute Gasteiger partial charge is 0.460 e. The molecule has 0 saturated carbocycles. The Morgan fingerprint density at radius 1 is 0.853 bits per heavy atom. The van der Waals surface area contributed by atoms with Crippen LogP contribution < -0.4 is 4.90 Å². The van der Waals surface area contributed by atoms with Gasteiger partial charge in [0.1, 0.15) is 12.4 Å². The number of hydrogen-bond donors (Lipinski definition) is 0. The van der Waals surface area contributed by atoms with Crippen LogP contribution in [0.2, 0.25) is 5.02 Å². The number of halogens is 1. The number of rotatable bonds is 8. The lowest BCUT2D eigenvalue weighted by Gasteiger charge is -2.31. The fraction of sp³-hybridized carbons (Fsp3) is 0.172. The first-order chi connectivity index (χ1) is 16.4. The monoisotopic (exact) mass is 470 g/mol. The summed E-state index contributed by atoms with van der Waals surface area (Å²) in [6, 6.07) is 31.3. The van der Waals surface area contributed by atoms with Crippen molar-refractivity contribution in [2.75, 3.05) is 4.90 Å². The zero-order valence-corrected chi connectivity index (χ0v) is 20.1. The van der Waals surface area contributed by atoms with E-state index in [2.05, 4.69) is 17.0 Å². The molecule has 4 nitrogen and oxygen atoms in total. The molecule has 0 unspecified atom stereocenters. The Balaban J connectivity index is 1.69. The van der Waals surface area contributed by atoms with Crippen molar-refractivity contribution >= 4 is 29.1 Å². The lowest BCUT2D eigenvalue weighted by Crippen LogP contribution is -2.33. The Morgan fingerprint density at radius 3 is 2.12 bits per heavy atom. The van der Waals surface area contributed by atoms with Crippen molar-refractivity contribution in [2.24, 2.45) is 0 Å². The van der Waals surface area contributed by atoms with Crippen molar-refractivity contribution in [3.8, 4) is 0 Å². The number of hydrogen-bond acceptors (Lipinski definition) is 4. The van der Waals surface area contributed by atoms with E-state index in [1.807, 2.05) is 98.8 Å². The molecule has 0 aliphatic carbocycles. The molecule has 1 heterocycles. The number of benzene rings is 3. The first-order valence-corrected chi connectivity index (χ1v) is 11.6. The molecule has 3 aromatic carbocycles. The molecule has 0 amide bonds. The number of carbonyl (C=O) groups excluding carboxylic acids is 1. The van der Waals surface area contributed by atoms with E-state index in [4.69, 9.17) is 21.3 Å². The Kier molecular flexibility index (Phi) is 7.29. The number of nitrogens with zero attached hydrogens (tertiary/aromatic N) is 2. The smallest absolute Gasteiger partial charge is 0.316 e. The summed E-state index contributed by atoms with van der Waals surface area (Å²) >= 11 is 6.16. The molecule has 0 aliphatic rings. The van der Waals surface area contributed by atoms with Crippen LogP contribution in [0.5, 0.6) is 0 Å². The molecule has 1 aromatic heterocycles. The number of pyridine rings is 1. The molecule has 4 rings (SSSR count). The van der Waals surface area contributed by atoms with Crippen LogP contribution >= 0.6 is 11.6 Å². The topological polar surface area (TPSA) is 42.4 Å². The summed E-state index contributed by atoms with van der Waals surface area (Å²) in [5.74, 6) is 0.400. The standard InChI is InChI=1S/C29H27ClN2O2/c1-29(2,28(33)34-21-23-12-7-4-8-13-23)26-14-9-19-31-27(26)32(20-22-10-5-3-6-11-22)25-17-15-24(30)16-18-25/h3-19H,20-21H2,1-2H3. The van der Waals surface area contributed by atoms with E-state index in [1.54, 1.807) is 6.20 Å². The second-order valence-electron chi connectivity index (χ2n) is 8.61. The molecular weight excluding hydrogens is 444 g/mol. The number of aromatic nitrogens is 1. The van der Waals surface area contributed by atoms with E-state index in [1.165, 1.54) is 0 Å². The van der Waals surface area contributed by atoms with Gasteiger partial charge in [-0.2, -0.15) is 0 Å². The summed E-state index contributed by atoms with van der Waals surface area (Å²) in [6.45, 7) is 4.57. The predicted molar refractivity (Wildman–Crippen MR) is 137 cm³/mol. The molecule has 0 radical (unpaired) electrons. The fourth-order valence-corrected chi connectivity index (χ4v) is 3.91. The van der Waals surface area contributed by atoms with Gasteiger partial charge in [-0.25, -0.2) is 4.98 Å². The third-order valence-electron chi connectivity index (χ3n) is 5.76. The Hall–Kier alpha value is -3.63. The van der Waals surface area contributed by atoms with Gasteiger partial charge in [-0.05, 0) is 55.3 Å². The van der Waals surface area contributed by atoms with Gasteiger partial charge >= 0.3 is 5.97 Å². The van der Waals surface area contributed by atoms with Crippen LogP contribution in [0.4, 0.5) is 11.5 Å². The Bertz CT molecular complexity index is 1230. The van der Waals surface area contributed by atoms with Gasteiger partial charge in [-0.15, -0.1) is 0 Å². The highest BCUT2D eigenvalue weighted by atomic mass is 35.5. The SMILES string of the molecule is CC(C)(C(=O)OCc1ccccc1)c1cccnc1N(Cc1ccccc1)c1ccc(Cl)cc1. The van der Waals surface area contributed by atoms with Crippen molar-refractivity contribution < 1.29 is 9.53 Å². The molecule has 0 N–H and O–H groups in total. The van der Waals surface area contributed by atoms with E-state index in [9.17, 15) is 4.79 Å². The van der Waals surface area contributed by atoms with E-state index < -0.39 is 5.41 Å². The van der Waals surface area contributed by atoms with Crippen molar-refractivity contribution in [1.29, 1.82) is 0 Å². The van der Waals surface area contributed by atoms with Gasteiger partial charge in [0, 0.05) is 29.0 Å². The first-order valence-electron chi connectivity index (χ1n) is 11.2. The van der Waals surface area contributed by atoms with Crippen LogP contribution in [-0.4, -0.2) is 11.0 Å². The lowest BCUT2D eigenvalue weighted by atomic mass is 9.84. The number of carbonyl (C=O) groups is 1. The van der Waals surface area contributed by atoms with Gasteiger partial charge in [-0.1, -0.05) is 78.3 Å². The van der Waals surface area contributed by atoms with Gasteiger partial charge in [0.15, 0.2) is 0 Å². The highest BCUT2D eigenvalue weighted by Gasteiger charge is 2.36. The highest BCUT2D eigenvalue weighted by molar-refractivity contribution is 6.30. The highest BCUT2D eigenvalue weighted by Crippen LogP contribution is 2.36. The van der Waals surface area contributed by atoms with E-state index in [-0.39, 0.29) is 12.6 Å². The predicted octanol–water partition coefficient (Wildman–Crippen LogP) is 7.09. The maximum atomic E-state index is 13.3. The van der Waals surface area contributed by atoms with Crippen LogP contribution in [-0.2, 0) is 28.1 Å². The van der Waals surface area contributed by atoms with Crippen molar-refractivity contribution in [3.63, 3.8) is 0 Å². The molecular formula is C29H27ClN2O2. The van der Waals surface area contributed by atoms with E-state index in [0.29, 0.717) is 17.4 Å². The summed E-state index contributed by atoms with van der Waals surface area (Å²) in [4.78, 5) is 20.1. The van der Waals surface area contributed by atoms with E-state index in [0.717, 1.165) is 22.4 Å². The summed E-state index contributed by atoms with van der Waals surface area (Å²) in [6.07, 6.45) is 1.75. The average Bonchev–Trinajstić information content (AvgIpc) is 2.87. The van der Waals surface area contributed by atoms with Gasteiger partial charge < -0.3 is 9.64 Å². The van der Waals surface area contributed by atoms with Crippen LogP contribution in [0.15, 0.2) is 103 Å². The molecule has 34 heavy (non-hydrogen) atoms. The van der Waals surface area contributed by atoms with Gasteiger partial charge in [0.2, 0.25) is 0 Å². The fourth-order valence-electron chi connectivity index (χ4n) is 3.79. The van der Waals surface area contributed by atoms with Gasteiger partial charge in [-0.3, -0.25) is 4.79 Å². The van der Waals surface area contributed by atoms with Crippen LogP contribution in [0, 0.1) is 0 Å². The van der Waals surface area contributed by atoms with E-state index >= 15 is 0 Å². The molecule has 0 aliphatic heterocycles. The molecule has 172 valence electrons. The summed E-state index contributed by atoms with van der Waals surface area (Å²) in [5.41, 5.74) is 2.88. The van der Waals surface area contributed by atoms with Gasteiger partial charge in [0.05, 0.1) is 5.41 Å². The molecule has 0 fully saturated rings. The molecule has 4 aromatic rings. The van der Waals surface area contributed by atoms with Crippen molar-refractivity contribution in [2.45, 2.75) is 32.4 Å². The van der Waals surface area contributed by atoms with Gasteiger partial charge in [0.25, 0.3) is 0 Å². The van der Waals surface area contributed by atoms with Crippen LogP contribution in [0.25, 0.3) is 0 Å². The third-order valence-corrected chi connectivity index (χ3v) is 6.01. The van der Waals surface area contributed by atoms with Crippen molar-refractivity contribution in [1.82, 2.24) is 4.98 Å². The minimum absolute atomic E-state index is 0.226. The second kappa shape index (κ2) is 10.5. The first kappa shape index (κ1) is 23.5. The summed E-state index contributed by atoms with van der Waals surface area (Å²) in [7, 11) is 0. The number of esters is 1. The number of ether oxygens (including phenoxy) is 1. The maximum Gasteiger partial charge on any atom is 0.316 e. The minimum Gasteiger partial charge on any atom is -0.460 e. The molecule has 0 spiro atoms. The minimum atomic E-state index is -0.917. The van der Waals surface area contributed by atoms with Crippen LogP contribution in [0.3, 0.4) is 0 Å². The maximum absolute atomic E-state index is 13.3. The molecule has 0 atom stereocenters.